The smallest absolute Gasteiger partial charge is 0.265 e. The number of hydrogen-bond acceptors (Lipinski definition) is 4. The molecule has 0 saturated heterocycles. The van der Waals surface area contributed by atoms with Gasteiger partial charge in [-0.25, -0.2) is 0 Å². The van der Waals surface area contributed by atoms with Gasteiger partial charge in [-0.1, -0.05) is 18.2 Å². The van der Waals surface area contributed by atoms with E-state index in [2.05, 4.69) is 5.32 Å². The molecule has 1 aromatic heterocycles. The molecular formula is C16H17N3O2S. The molecule has 0 spiro atoms. The summed E-state index contributed by atoms with van der Waals surface area (Å²) in [6.45, 7) is 1.24. The number of carbonyl (C=O) groups excluding carboxylic acids is 2. The molecule has 0 saturated carbocycles. The molecule has 2 heterocycles. The molecule has 1 aliphatic heterocycles. The fourth-order valence-electron chi connectivity index (χ4n) is 2.50. The molecule has 0 bridgehead atoms. The number of benzene rings is 1. The van der Waals surface area contributed by atoms with Gasteiger partial charge in [-0.15, -0.1) is 11.3 Å². The molecule has 22 heavy (non-hydrogen) atoms. The summed E-state index contributed by atoms with van der Waals surface area (Å²) in [6, 6.07) is 11.3. The van der Waals surface area contributed by atoms with E-state index in [1.807, 2.05) is 36.4 Å². The zero-order chi connectivity index (χ0) is 15.5. The van der Waals surface area contributed by atoms with Crippen molar-refractivity contribution < 1.29 is 9.59 Å². The second kappa shape index (κ2) is 6.29. The van der Waals surface area contributed by atoms with Crippen LogP contribution in [0.2, 0.25) is 0 Å². The maximum absolute atomic E-state index is 12.3. The van der Waals surface area contributed by atoms with Crippen LogP contribution in [0.15, 0.2) is 36.4 Å². The highest BCUT2D eigenvalue weighted by Gasteiger charge is 2.23. The van der Waals surface area contributed by atoms with Crippen molar-refractivity contribution in [3.05, 3.63) is 51.7 Å². The van der Waals surface area contributed by atoms with Gasteiger partial charge in [-0.05, 0) is 30.2 Å². The Bertz CT molecular complexity index is 697. The van der Waals surface area contributed by atoms with Crippen LogP contribution in [-0.2, 0) is 17.8 Å². The molecule has 6 heteroatoms. The van der Waals surface area contributed by atoms with Crippen LogP contribution in [-0.4, -0.2) is 29.8 Å². The van der Waals surface area contributed by atoms with Gasteiger partial charge in [-0.2, -0.15) is 0 Å². The van der Waals surface area contributed by atoms with E-state index in [1.165, 1.54) is 16.2 Å². The average molecular weight is 315 g/mol. The Morgan fingerprint density at radius 3 is 2.77 bits per heavy atom. The van der Waals surface area contributed by atoms with Crippen LogP contribution in [0.4, 0.5) is 5.69 Å². The molecule has 1 aromatic carbocycles. The van der Waals surface area contributed by atoms with E-state index >= 15 is 0 Å². The molecule has 5 nitrogen and oxygen atoms in total. The summed E-state index contributed by atoms with van der Waals surface area (Å²) in [5.41, 5.74) is 7.24. The minimum absolute atomic E-state index is 0.0286. The third-order valence-corrected chi connectivity index (χ3v) is 4.89. The van der Waals surface area contributed by atoms with E-state index in [-0.39, 0.29) is 18.4 Å². The molecule has 0 unspecified atom stereocenters. The first-order valence-electron chi connectivity index (χ1n) is 7.13. The van der Waals surface area contributed by atoms with Gasteiger partial charge in [0.15, 0.2) is 0 Å². The van der Waals surface area contributed by atoms with Gasteiger partial charge in [0.2, 0.25) is 5.91 Å². The Balaban J connectivity index is 1.74. The van der Waals surface area contributed by atoms with Crippen LogP contribution in [0.1, 0.15) is 20.1 Å². The Hall–Kier alpha value is -2.18. The summed E-state index contributed by atoms with van der Waals surface area (Å²) in [5, 5.41) is 2.88. The molecule has 114 valence electrons. The van der Waals surface area contributed by atoms with Crippen LogP contribution in [0.25, 0.3) is 0 Å². The Morgan fingerprint density at radius 1 is 1.27 bits per heavy atom. The normalized spacial score (nSPS) is 13.6. The summed E-state index contributed by atoms with van der Waals surface area (Å²) in [6.07, 6.45) is 0.782. The lowest BCUT2D eigenvalue weighted by Crippen LogP contribution is -2.39. The second-order valence-corrected chi connectivity index (χ2v) is 6.29. The summed E-state index contributed by atoms with van der Waals surface area (Å²) < 4.78 is 0. The van der Waals surface area contributed by atoms with Crippen molar-refractivity contribution in [2.75, 3.05) is 18.4 Å². The maximum atomic E-state index is 12.3. The molecule has 0 radical (unpaired) electrons. The van der Waals surface area contributed by atoms with Crippen molar-refractivity contribution in [2.24, 2.45) is 5.73 Å². The van der Waals surface area contributed by atoms with E-state index in [9.17, 15) is 9.59 Å². The molecule has 3 rings (SSSR count). The fourth-order valence-corrected chi connectivity index (χ4v) is 3.56. The zero-order valence-electron chi connectivity index (χ0n) is 12.0. The van der Waals surface area contributed by atoms with Crippen LogP contribution in [0.3, 0.4) is 0 Å². The number of carbonyl (C=O) groups is 2. The van der Waals surface area contributed by atoms with Gasteiger partial charge in [0.25, 0.3) is 5.91 Å². The number of hydrogen-bond donors (Lipinski definition) is 2. The molecule has 2 amide bonds. The van der Waals surface area contributed by atoms with Crippen molar-refractivity contribution >= 4 is 28.8 Å². The first kappa shape index (κ1) is 14.7. The van der Waals surface area contributed by atoms with Gasteiger partial charge in [0.05, 0.1) is 11.4 Å². The van der Waals surface area contributed by atoms with Gasteiger partial charge >= 0.3 is 0 Å². The topological polar surface area (TPSA) is 75.4 Å². The summed E-state index contributed by atoms with van der Waals surface area (Å²) in [4.78, 5) is 27.6. The van der Waals surface area contributed by atoms with E-state index in [1.54, 1.807) is 4.90 Å². The largest absolute Gasteiger partial charge is 0.337 e. The highest BCUT2D eigenvalue weighted by Crippen LogP contribution is 2.28. The third kappa shape index (κ3) is 3.03. The predicted molar refractivity (Wildman–Crippen MR) is 86.9 cm³/mol. The third-order valence-electron chi connectivity index (χ3n) is 3.65. The van der Waals surface area contributed by atoms with Crippen molar-refractivity contribution in [1.29, 1.82) is 0 Å². The van der Waals surface area contributed by atoms with Crippen molar-refractivity contribution in [2.45, 2.75) is 13.0 Å². The highest BCUT2D eigenvalue weighted by molar-refractivity contribution is 7.14. The number of nitrogens with two attached hydrogens (primary N) is 1. The van der Waals surface area contributed by atoms with Crippen molar-refractivity contribution in [3.8, 4) is 0 Å². The fraction of sp³-hybridized carbons (Fsp3) is 0.250. The molecule has 2 aromatic rings. The first-order valence-corrected chi connectivity index (χ1v) is 7.95. The van der Waals surface area contributed by atoms with Crippen LogP contribution >= 0.6 is 11.3 Å². The zero-order valence-corrected chi connectivity index (χ0v) is 12.9. The monoisotopic (exact) mass is 315 g/mol. The first-order chi connectivity index (χ1) is 10.7. The van der Waals surface area contributed by atoms with Crippen LogP contribution in [0, 0.1) is 0 Å². The Kier molecular flexibility index (Phi) is 4.22. The highest BCUT2D eigenvalue weighted by atomic mass is 32.1. The lowest BCUT2D eigenvalue weighted by Gasteiger charge is -2.26. The van der Waals surface area contributed by atoms with Crippen LogP contribution < -0.4 is 11.1 Å². The van der Waals surface area contributed by atoms with E-state index < -0.39 is 0 Å². The van der Waals surface area contributed by atoms with Crippen molar-refractivity contribution in [1.82, 2.24) is 4.90 Å². The standard InChI is InChI=1S/C16H17N3O2S/c17-9-15(20)19-7-6-13-11(10-19)8-14(22-13)16(21)18-12-4-2-1-3-5-12/h1-5,8H,6-7,9-10,17H2,(H,18,21). The van der Waals surface area contributed by atoms with E-state index in [4.69, 9.17) is 5.73 Å². The number of nitrogens with zero attached hydrogens (tertiary/aromatic N) is 1. The quantitative estimate of drug-likeness (QED) is 0.907. The number of fused-ring (bicyclic) bond motifs is 1. The second-order valence-electron chi connectivity index (χ2n) is 5.15. The Labute approximate surface area is 132 Å². The molecule has 3 N–H and O–H groups in total. The lowest BCUT2D eigenvalue weighted by molar-refractivity contribution is -0.130. The minimum Gasteiger partial charge on any atom is -0.337 e. The van der Waals surface area contributed by atoms with Crippen LogP contribution in [0.5, 0.6) is 0 Å². The minimum atomic E-state index is -0.109. The predicted octanol–water partition coefficient (Wildman–Crippen LogP) is 1.84. The number of nitrogens with one attached hydrogen (secondary N) is 1. The summed E-state index contributed by atoms with van der Waals surface area (Å²) in [5.74, 6) is -0.158. The molecule has 0 atom stereocenters. The van der Waals surface area contributed by atoms with E-state index in [0.29, 0.717) is 18.0 Å². The van der Waals surface area contributed by atoms with Gasteiger partial charge in [0, 0.05) is 23.7 Å². The SMILES string of the molecule is NCC(=O)N1CCc2sc(C(=O)Nc3ccccc3)cc2C1. The maximum Gasteiger partial charge on any atom is 0.265 e. The van der Waals surface area contributed by atoms with Gasteiger partial charge in [0.1, 0.15) is 0 Å². The summed E-state index contributed by atoms with van der Waals surface area (Å²) in [7, 11) is 0. The van der Waals surface area contributed by atoms with Crippen molar-refractivity contribution in [3.63, 3.8) is 0 Å². The van der Waals surface area contributed by atoms with Gasteiger partial charge in [-0.3, -0.25) is 9.59 Å². The number of para-hydroxylation sites is 1. The molecular weight excluding hydrogens is 298 g/mol. The lowest BCUT2D eigenvalue weighted by atomic mass is 10.1. The van der Waals surface area contributed by atoms with E-state index in [0.717, 1.165) is 17.7 Å². The average Bonchev–Trinajstić information content (AvgIpc) is 2.98. The van der Waals surface area contributed by atoms with Gasteiger partial charge < -0.3 is 16.0 Å². The molecule has 1 aliphatic rings. The molecule has 0 aliphatic carbocycles. The summed E-state index contributed by atoms with van der Waals surface area (Å²) >= 11 is 1.50. The number of rotatable bonds is 3. The number of amides is 2. The number of anilines is 1. The Morgan fingerprint density at radius 2 is 2.05 bits per heavy atom. The molecule has 0 fully saturated rings. The number of thiophene rings is 1.